The standard InChI is InChI=1S/Co.Mn.Ni.HO3S/c;;;1-4(2)3/h;;;(H,1,2,3). The van der Waals surface area contributed by atoms with E-state index in [1.54, 1.807) is 0 Å². The molecule has 1 radical (unpaired) electrons. The van der Waals surface area contributed by atoms with Crippen LogP contribution in [0.3, 0.4) is 0 Å². The Balaban J connectivity index is -0.0000000800. The van der Waals surface area contributed by atoms with Crippen LogP contribution in [-0.2, 0) is 56.7 Å². The maximum Gasteiger partial charge on any atom is 0 e. The fraction of sp³-hybridized carbons (Fsp3) is 0. The molecule has 0 saturated heterocycles. The third kappa shape index (κ3) is 107. The van der Waals surface area contributed by atoms with Crippen LogP contribution < -0.4 is 0 Å². The zero-order valence-corrected chi connectivity index (χ0v) is 6.73. The maximum absolute atomic E-state index is 9.10. The van der Waals surface area contributed by atoms with Gasteiger partial charge in [-0.25, -0.2) is 0 Å². The molecule has 0 aromatic heterocycles. The fourth-order valence-electron chi connectivity index (χ4n) is 0. The van der Waals surface area contributed by atoms with Crippen molar-refractivity contribution in [3.8, 4) is 0 Å². The number of rotatable bonds is 0. The third-order valence-corrected chi connectivity index (χ3v) is 0. The van der Waals surface area contributed by atoms with Gasteiger partial charge in [-0.15, -0.1) is 0 Å². The minimum Gasteiger partial charge on any atom is 0 e. The summed E-state index contributed by atoms with van der Waals surface area (Å²) in [5.74, 6) is 0. The van der Waals surface area contributed by atoms with Crippen LogP contribution in [0.25, 0.3) is 0 Å². The van der Waals surface area contributed by atoms with Gasteiger partial charge in [-0.1, -0.05) is 0 Å². The SMILES string of the molecule is O=[S](=O)(O)[Mn].[Co].[Ni]. The zero-order valence-electron chi connectivity index (χ0n) is 2.70. The summed E-state index contributed by atoms with van der Waals surface area (Å²) in [6, 6.07) is 0. The van der Waals surface area contributed by atoms with Crippen molar-refractivity contribution in [2.45, 2.75) is 0 Å². The molecular weight excluding hydrogens is 253 g/mol. The minimum atomic E-state index is -3.85. The molecule has 0 saturated carbocycles. The molecule has 0 aliphatic heterocycles. The maximum atomic E-state index is 9.10. The van der Waals surface area contributed by atoms with E-state index >= 15 is 0 Å². The molecule has 0 spiro atoms. The zero-order chi connectivity index (χ0) is 4.50. The van der Waals surface area contributed by atoms with Gasteiger partial charge in [0, 0.05) is 33.3 Å². The second kappa shape index (κ2) is 5.56. The summed E-state index contributed by atoms with van der Waals surface area (Å²) in [5, 5.41) is 0. The quantitative estimate of drug-likeness (QED) is 0.460. The van der Waals surface area contributed by atoms with Gasteiger partial charge in [0.1, 0.15) is 0 Å². The number of hydrogen-bond donors (Lipinski definition) is 1. The van der Waals surface area contributed by atoms with Gasteiger partial charge in [0.05, 0.1) is 0 Å². The van der Waals surface area contributed by atoms with Crippen LogP contribution in [0, 0.1) is 0 Å². The molecule has 0 amide bonds. The largest absolute Gasteiger partial charge is 0 e. The molecule has 0 rings (SSSR count). The Labute approximate surface area is 69.4 Å². The molecule has 7 heteroatoms. The molecule has 7 heavy (non-hydrogen) atoms. The van der Waals surface area contributed by atoms with Gasteiger partial charge >= 0.3 is 36.4 Å². The van der Waals surface area contributed by atoms with Crippen LogP contribution >= 0.6 is 0 Å². The van der Waals surface area contributed by atoms with Crippen molar-refractivity contribution in [2.75, 3.05) is 0 Å². The molecule has 0 unspecified atom stereocenters. The average molecular weight is 254 g/mol. The van der Waals surface area contributed by atoms with Gasteiger partial charge in [-0.2, -0.15) is 0 Å². The third-order valence-electron chi connectivity index (χ3n) is 0. The molecular formula is HCoMnNiO3S. The molecule has 51 valence electrons. The molecule has 3 nitrogen and oxygen atoms in total. The molecule has 0 bridgehead atoms. The van der Waals surface area contributed by atoms with Crippen molar-refractivity contribution in [2.24, 2.45) is 0 Å². The summed E-state index contributed by atoms with van der Waals surface area (Å²) in [5.41, 5.74) is 0. The summed E-state index contributed by atoms with van der Waals surface area (Å²) < 4.78 is 25.6. The smallest absolute Gasteiger partial charge is 0 e. The molecule has 1 N–H and O–H groups in total. The van der Waals surface area contributed by atoms with E-state index in [4.69, 9.17) is 13.0 Å². The van der Waals surface area contributed by atoms with E-state index in [-0.39, 0.29) is 33.3 Å². The Morgan fingerprint density at radius 1 is 1.43 bits per heavy atom. The normalized spacial score (nSPS) is 8.29. The van der Waals surface area contributed by atoms with Gasteiger partial charge in [-0.3, -0.25) is 0 Å². The summed E-state index contributed by atoms with van der Waals surface area (Å²) in [6.45, 7) is 0. The van der Waals surface area contributed by atoms with E-state index in [1.165, 1.54) is 0 Å². The first-order chi connectivity index (χ1) is 2.00. The summed E-state index contributed by atoms with van der Waals surface area (Å²) in [6.07, 6.45) is 0. The van der Waals surface area contributed by atoms with Crippen molar-refractivity contribution >= 4 is 8.54 Å². The Morgan fingerprint density at radius 2 is 1.43 bits per heavy atom. The van der Waals surface area contributed by atoms with Gasteiger partial charge in [-0.05, 0) is 0 Å². The van der Waals surface area contributed by atoms with E-state index in [1.807, 2.05) is 14.9 Å². The molecule has 0 heterocycles. The Morgan fingerprint density at radius 3 is 1.43 bits per heavy atom. The molecule has 0 atom stereocenters. The van der Waals surface area contributed by atoms with Gasteiger partial charge < -0.3 is 0 Å². The average Bonchev–Trinajstić information content (AvgIpc) is 0.722. The van der Waals surface area contributed by atoms with E-state index in [9.17, 15) is 0 Å². The van der Waals surface area contributed by atoms with Crippen molar-refractivity contribution in [3.05, 3.63) is 0 Å². The second-order valence-corrected chi connectivity index (χ2v) is 3.06. The van der Waals surface area contributed by atoms with Crippen LogP contribution in [-0.4, -0.2) is 13.0 Å². The van der Waals surface area contributed by atoms with Gasteiger partial charge in [0.25, 0.3) is 0 Å². The molecule has 0 fully saturated rings. The van der Waals surface area contributed by atoms with Crippen molar-refractivity contribution < 1.29 is 61.1 Å². The van der Waals surface area contributed by atoms with E-state index < -0.39 is 8.54 Å². The Bertz CT molecular complexity index is 98.1. The van der Waals surface area contributed by atoms with Crippen LogP contribution in [0.1, 0.15) is 0 Å². The first-order valence-corrected chi connectivity index (χ1v) is 3.46. The monoisotopic (exact) mass is 253 g/mol. The molecule has 0 aliphatic rings. The van der Waals surface area contributed by atoms with Crippen LogP contribution in [0.2, 0.25) is 0 Å². The van der Waals surface area contributed by atoms with Crippen LogP contribution in [0.4, 0.5) is 0 Å². The topological polar surface area (TPSA) is 54.4 Å². The summed E-state index contributed by atoms with van der Waals surface area (Å²) in [7, 11) is -3.85. The first-order valence-electron chi connectivity index (χ1n) is 0.670. The molecule has 0 aromatic carbocycles. The van der Waals surface area contributed by atoms with E-state index in [0.29, 0.717) is 0 Å². The Hall–Kier alpha value is 1.43. The van der Waals surface area contributed by atoms with Crippen LogP contribution in [0.5, 0.6) is 0 Å². The van der Waals surface area contributed by atoms with E-state index in [2.05, 4.69) is 0 Å². The summed E-state index contributed by atoms with van der Waals surface area (Å²) in [4.78, 5) is 0. The molecule has 0 aromatic rings. The molecule has 0 aliphatic carbocycles. The first kappa shape index (κ1) is 15.8. The van der Waals surface area contributed by atoms with Gasteiger partial charge in [0.15, 0.2) is 0 Å². The second-order valence-electron chi connectivity index (χ2n) is 0.412. The van der Waals surface area contributed by atoms with Crippen molar-refractivity contribution in [3.63, 3.8) is 0 Å². The van der Waals surface area contributed by atoms with Gasteiger partial charge in [0.2, 0.25) is 0 Å². The Kier molecular flexibility index (Phi) is 12.5. The predicted octanol–water partition coefficient (Wildman–Crippen LogP) is -0.669. The number of hydrogen-bond acceptors (Lipinski definition) is 2. The van der Waals surface area contributed by atoms with Crippen molar-refractivity contribution in [1.82, 2.24) is 0 Å². The van der Waals surface area contributed by atoms with Crippen molar-refractivity contribution in [1.29, 1.82) is 0 Å². The fourth-order valence-corrected chi connectivity index (χ4v) is 0. The van der Waals surface area contributed by atoms with Crippen LogP contribution in [0.15, 0.2) is 0 Å². The van der Waals surface area contributed by atoms with E-state index in [0.717, 1.165) is 0 Å². The minimum absolute atomic E-state index is 0. The summed E-state index contributed by atoms with van der Waals surface area (Å²) >= 11 is 1.90. The predicted molar refractivity (Wildman–Crippen MR) is 11.5 cm³/mol.